The van der Waals surface area contributed by atoms with Gasteiger partial charge in [-0.2, -0.15) is 0 Å². The van der Waals surface area contributed by atoms with Crippen molar-refractivity contribution >= 4 is 46.6 Å². The highest BCUT2D eigenvalue weighted by Gasteiger charge is 2.34. The van der Waals surface area contributed by atoms with E-state index in [2.05, 4.69) is 64.6 Å². The zero-order chi connectivity index (χ0) is 28.9. The van der Waals surface area contributed by atoms with E-state index in [-0.39, 0.29) is 12.3 Å². The lowest BCUT2D eigenvalue weighted by Crippen LogP contribution is -2.39. The van der Waals surface area contributed by atoms with Gasteiger partial charge in [0.05, 0.1) is 11.0 Å². The number of nitrogens with zero attached hydrogens (tertiary/aromatic N) is 3. The molecule has 1 saturated heterocycles. The number of hydrogen-bond donors (Lipinski definition) is 1. The fourth-order valence-corrected chi connectivity index (χ4v) is 6.21. The third-order valence-electron chi connectivity index (χ3n) is 8.07. The van der Waals surface area contributed by atoms with Crippen LogP contribution in [0.2, 0.25) is 10.0 Å². The SMILES string of the molecule is CCCC(=O)N1CCC(n2c(C3CC3)nc3ccc(C(c4ccc(Cl)cc4)c4ccc(Cl)cc4)cc32)CC1.NC=O. The summed E-state index contributed by atoms with van der Waals surface area (Å²) in [6.45, 7) is 3.72. The average Bonchev–Trinajstić information content (AvgIpc) is 3.76. The highest BCUT2D eigenvalue weighted by atomic mass is 35.5. The average molecular weight is 592 g/mol. The van der Waals surface area contributed by atoms with E-state index >= 15 is 0 Å². The largest absolute Gasteiger partial charge is 0.372 e. The lowest BCUT2D eigenvalue weighted by atomic mass is 9.85. The predicted molar refractivity (Wildman–Crippen MR) is 166 cm³/mol. The molecule has 6 nitrogen and oxygen atoms in total. The highest BCUT2D eigenvalue weighted by molar-refractivity contribution is 6.30. The van der Waals surface area contributed by atoms with E-state index in [4.69, 9.17) is 33.0 Å². The molecule has 6 rings (SSSR count). The van der Waals surface area contributed by atoms with Gasteiger partial charge < -0.3 is 15.2 Å². The van der Waals surface area contributed by atoms with Gasteiger partial charge in [0.1, 0.15) is 5.82 Å². The number of hydrogen-bond acceptors (Lipinski definition) is 3. The van der Waals surface area contributed by atoms with Gasteiger partial charge in [0.15, 0.2) is 0 Å². The van der Waals surface area contributed by atoms with Crippen LogP contribution in [0.5, 0.6) is 0 Å². The van der Waals surface area contributed by atoms with Gasteiger partial charge in [-0.15, -0.1) is 0 Å². The molecule has 41 heavy (non-hydrogen) atoms. The first-order valence-corrected chi connectivity index (χ1v) is 15.1. The normalized spacial score (nSPS) is 15.6. The van der Waals surface area contributed by atoms with Crippen molar-refractivity contribution in [3.63, 3.8) is 0 Å². The maximum atomic E-state index is 12.5. The van der Waals surface area contributed by atoms with Crippen LogP contribution < -0.4 is 5.73 Å². The van der Waals surface area contributed by atoms with Crippen molar-refractivity contribution in [2.75, 3.05) is 13.1 Å². The number of fused-ring (bicyclic) bond motifs is 1. The van der Waals surface area contributed by atoms with Crippen molar-refractivity contribution in [1.82, 2.24) is 14.5 Å². The minimum Gasteiger partial charge on any atom is -0.372 e. The van der Waals surface area contributed by atoms with Crippen LogP contribution in [0.1, 0.15) is 85.8 Å². The summed E-state index contributed by atoms with van der Waals surface area (Å²) in [6, 6.07) is 23.4. The fraction of sp³-hybridized carbons (Fsp3) is 0.364. The number of rotatable bonds is 7. The van der Waals surface area contributed by atoms with Crippen LogP contribution in [0.15, 0.2) is 66.7 Å². The van der Waals surface area contributed by atoms with Crippen molar-refractivity contribution in [3.8, 4) is 0 Å². The number of aromatic nitrogens is 2. The second-order valence-corrected chi connectivity index (χ2v) is 11.8. The molecule has 1 saturated carbocycles. The third kappa shape index (κ3) is 6.60. The maximum absolute atomic E-state index is 12.5. The number of carbonyl (C=O) groups excluding carboxylic acids is 2. The van der Waals surface area contributed by atoms with Gasteiger partial charge in [0.2, 0.25) is 12.3 Å². The van der Waals surface area contributed by atoms with Crippen LogP contribution in [0.25, 0.3) is 11.0 Å². The summed E-state index contributed by atoms with van der Waals surface area (Å²) >= 11 is 12.5. The van der Waals surface area contributed by atoms with Crippen molar-refractivity contribution in [2.45, 2.75) is 63.3 Å². The first-order valence-electron chi connectivity index (χ1n) is 14.4. The number of amides is 2. The minimum atomic E-state index is 0.0511. The molecule has 2 amide bonds. The molecule has 1 aliphatic carbocycles. The summed E-state index contributed by atoms with van der Waals surface area (Å²) in [7, 11) is 0. The molecule has 2 N–H and O–H groups in total. The summed E-state index contributed by atoms with van der Waals surface area (Å²) in [5.41, 5.74) is 10.0. The molecule has 2 heterocycles. The Hall–Kier alpha value is -3.35. The number of carbonyl (C=O) groups is 2. The van der Waals surface area contributed by atoms with E-state index in [9.17, 15) is 4.79 Å². The molecule has 1 aliphatic heterocycles. The van der Waals surface area contributed by atoms with Crippen molar-refractivity contribution in [1.29, 1.82) is 0 Å². The Balaban J connectivity index is 0.00000108. The van der Waals surface area contributed by atoms with Crippen molar-refractivity contribution in [3.05, 3.63) is 99.3 Å². The Morgan fingerprint density at radius 3 is 1.98 bits per heavy atom. The van der Waals surface area contributed by atoms with Gasteiger partial charge in [-0.25, -0.2) is 4.98 Å². The van der Waals surface area contributed by atoms with Gasteiger partial charge in [-0.1, -0.05) is 60.5 Å². The Morgan fingerprint density at radius 1 is 0.927 bits per heavy atom. The molecular formula is C33H36Cl2N4O2. The maximum Gasteiger partial charge on any atom is 0.222 e. The molecule has 4 aromatic rings. The molecule has 2 fully saturated rings. The predicted octanol–water partition coefficient (Wildman–Crippen LogP) is 7.47. The molecule has 214 valence electrons. The molecule has 0 radical (unpaired) electrons. The summed E-state index contributed by atoms with van der Waals surface area (Å²) in [4.78, 5) is 28.3. The molecule has 8 heteroatoms. The summed E-state index contributed by atoms with van der Waals surface area (Å²) in [5, 5.41) is 1.46. The Bertz CT molecular complexity index is 1440. The van der Waals surface area contributed by atoms with Gasteiger partial charge in [0.25, 0.3) is 0 Å². The Labute approximate surface area is 251 Å². The Kier molecular flexibility index (Phi) is 9.31. The number of benzene rings is 3. The number of piperidine rings is 1. The van der Waals surface area contributed by atoms with Gasteiger partial charge in [0, 0.05) is 47.4 Å². The van der Waals surface area contributed by atoms with Crippen LogP contribution >= 0.6 is 23.2 Å². The lowest BCUT2D eigenvalue weighted by Gasteiger charge is -2.34. The third-order valence-corrected chi connectivity index (χ3v) is 8.57. The summed E-state index contributed by atoms with van der Waals surface area (Å²) in [6.07, 6.45) is 6.17. The molecule has 2 aliphatic rings. The standard InChI is InChI=1S/C32H33Cl2N3O.CH3NO/c1-2-3-30(38)36-18-16-27(17-19-36)37-29-20-24(10-15-28(29)35-32(37)23-4-5-23)31(21-6-11-25(33)12-7-21)22-8-13-26(34)14-9-22;2-1-3/h6-15,20,23,27,31H,2-5,16-19H2,1H3;1H,(H2,2,3). The van der Waals surface area contributed by atoms with Crippen molar-refractivity contribution in [2.24, 2.45) is 5.73 Å². The number of likely N-dealkylation sites (tertiary alicyclic amines) is 1. The fourth-order valence-electron chi connectivity index (χ4n) is 5.95. The molecule has 1 aromatic heterocycles. The first kappa shape index (κ1) is 29.2. The van der Waals surface area contributed by atoms with E-state index in [0.29, 0.717) is 24.3 Å². The topological polar surface area (TPSA) is 81.2 Å². The lowest BCUT2D eigenvalue weighted by molar-refractivity contribution is -0.132. The highest BCUT2D eigenvalue weighted by Crippen LogP contribution is 2.44. The van der Waals surface area contributed by atoms with Crippen LogP contribution in [0.4, 0.5) is 0 Å². The van der Waals surface area contributed by atoms with Crippen LogP contribution in [0.3, 0.4) is 0 Å². The zero-order valence-electron chi connectivity index (χ0n) is 23.3. The van der Waals surface area contributed by atoms with Crippen LogP contribution in [0, 0.1) is 0 Å². The van der Waals surface area contributed by atoms with E-state index in [0.717, 1.165) is 47.9 Å². The number of nitrogens with two attached hydrogens (primary N) is 1. The summed E-state index contributed by atoms with van der Waals surface area (Å²) < 4.78 is 2.53. The molecule has 0 bridgehead atoms. The van der Waals surface area contributed by atoms with Gasteiger partial charge in [-0.05, 0) is 85.2 Å². The van der Waals surface area contributed by atoms with Crippen LogP contribution in [-0.4, -0.2) is 39.9 Å². The van der Waals surface area contributed by atoms with E-state index in [1.54, 1.807) is 0 Å². The van der Waals surface area contributed by atoms with Crippen LogP contribution in [-0.2, 0) is 9.59 Å². The van der Waals surface area contributed by atoms with E-state index < -0.39 is 0 Å². The molecule has 0 unspecified atom stereocenters. The molecular weight excluding hydrogens is 555 g/mol. The summed E-state index contributed by atoms with van der Waals surface area (Å²) in [5.74, 6) is 2.12. The zero-order valence-corrected chi connectivity index (χ0v) is 24.8. The van der Waals surface area contributed by atoms with Crippen molar-refractivity contribution < 1.29 is 9.59 Å². The second kappa shape index (κ2) is 13.1. The number of imidazole rings is 1. The Morgan fingerprint density at radius 2 is 1.46 bits per heavy atom. The molecule has 0 atom stereocenters. The number of primary amides is 1. The van der Waals surface area contributed by atoms with Gasteiger partial charge >= 0.3 is 0 Å². The minimum absolute atomic E-state index is 0.0511. The number of halogens is 2. The second-order valence-electron chi connectivity index (χ2n) is 10.9. The quantitative estimate of drug-likeness (QED) is 0.179. The van der Waals surface area contributed by atoms with Gasteiger partial charge in [-0.3, -0.25) is 9.59 Å². The molecule has 0 spiro atoms. The monoisotopic (exact) mass is 590 g/mol. The molecule has 3 aromatic carbocycles. The van der Waals surface area contributed by atoms with E-state index in [1.807, 2.05) is 24.3 Å². The smallest absolute Gasteiger partial charge is 0.222 e. The van der Waals surface area contributed by atoms with E-state index in [1.165, 1.54) is 40.9 Å². The first-order chi connectivity index (χ1) is 19.9.